The number of carbonyl (C=O) groups is 2. The number of likely N-dealkylation sites (N-methyl/N-ethyl adjacent to an activating group) is 1. The number of nitriles is 1. The molecule has 0 spiro atoms. The molecule has 0 saturated carbocycles. The van der Waals surface area contributed by atoms with E-state index < -0.39 is 5.97 Å². The van der Waals surface area contributed by atoms with Gasteiger partial charge in [-0.15, -0.1) is 0 Å². The molecule has 2 aromatic carbocycles. The molecule has 0 N–H and O–H groups in total. The van der Waals surface area contributed by atoms with E-state index in [1.54, 1.807) is 7.05 Å². The van der Waals surface area contributed by atoms with Crippen molar-refractivity contribution in [1.29, 1.82) is 5.26 Å². The molecule has 1 heterocycles. The van der Waals surface area contributed by atoms with E-state index in [0.717, 1.165) is 5.56 Å². The summed E-state index contributed by atoms with van der Waals surface area (Å²) in [4.78, 5) is 25.7. The summed E-state index contributed by atoms with van der Waals surface area (Å²) in [5.41, 5.74) is 1.62. The quantitative estimate of drug-likeness (QED) is 0.754. The molecule has 2 aromatic rings. The average molecular weight is 366 g/mol. The Morgan fingerprint density at radius 1 is 1.11 bits per heavy atom. The average Bonchev–Trinajstić information content (AvgIpc) is 2.71. The maximum atomic E-state index is 12.2. The van der Waals surface area contributed by atoms with Crippen molar-refractivity contribution in [2.24, 2.45) is 0 Å². The number of esters is 1. The van der Waals surface area contributed by atoms with E-state index in [9.17, 15) is 9.59 Å². The van der Waals surface area contributed by atoms with Gasteiger partial charge in [-0.25, -0.2) is 4.79 Å². The third kappa shape index (κ3) is 4.55. The smallest absolute Gasteiger partial charge is 0.338 e. The van der Waals surface area contributed by atoms with E-state index >= 15 is 0 Å². The lowest BCUT2D eigenvalue weighted by Crippen LogP contribution is -2.30. The number of amides is 1. The van der Waals surface area contributed by atoms with Crippen molar-refractivity contribution in [2.75, 3.05) is 26.9 Å². The summed E-state index contributed by atoms with van der Waals surface area (Å²) in [5, 5.41) is 8.76. The van der Waals surface area contributed by atoms with E-state index in [1.165, 1.54) is 29.2 Å². The summed E-state index contributed by atoms with van der Waals surface area (Å²) in [5.74, 6) is 0.412. The Morgan fingerprint density at radius 3 is 2.52 bits per heavy atom. The molecule has 0 aliphatic carbocycles. The molecule has 1 amide bonds. The molecule has 138 valence electrons. The first kappa shape index (κ1) is 18.3. The Hall–Kier alpha value is -3.53. The van der Waals surface area contributed by atoms with Gasteiger partial charge in [0.1, 0.15) is 13.2 Å². The van der Waals surface area contributed by atoms with E-state index in [2.05, 4.69) is 0 Å². The van der Waals surface area contributed by atoms with Crippen LogP contribution in [0, 0.1) is 11.3 Å². The van der Waals surface area contributed by atoms with Gasteiger partial charge in [0, 0.05) is 13.6 Å². The number of carbonyl (C=O) groups excluding carboxylic acids is 2. The normalized spacial score (nSPS) is 12.0. The molecule has 0 fully saturated rings. The molecule has 0 aromatic heterocycles. The van der Waals surface area contributed by atoms with E-state index in [-0.39, 0.29) is 18.1 Å². The van der Waals surface area contributed by atoms with Crippen LogP contribution in [-0.2, 0) is 16.1 Å². The number of fused-ring (bicyclic) bond motifs is 1. The molecule has 7 heteroatoms. The predicted molar refractivity (Wildman–Crippen MR) is 95.3 cm³/mol. The molecule has 0 unspecified atom stereocenters. The lowest BCUT2D eigenvalue weighted by molar-refractivity contribution is -0.133. The van der Waals surface area contributed by atoms with Crippen LogP contribution in [0.1, 0.15) is 21.5 Å². The molecular formula is C20H18N2O5. The third-order valence-corrected chi connectivity index (χ3v) is 4.03. The number of rotatable bonds is 5. The number of nitrogens with zero attached hydrogens (tertiary/aromatic N) is 2. The van der Waals surface area contributed by atoms with Gasteiger partial charge >= 0.3 is 5.97 Å². The second kappa shape index (κ2) is 8.23. The molecule has 27 heavy (non-hydrogen) atoms. The summed E-state index contributed by atoms with van der Waals surface area (Å²) in [6.45, 7) is 1.01. The Morgan fingerprint density at radius 2 is 1.81 bits per heavy atom. The first-order chi connectivity index (χ1) is 13.1. The predicted octanol–water partition coefficient (Wildman–Crippen LogP) is 2.14. The zero-order valence-corrected chi connectivity index (χ0v) is 14.8. The molecule has 0 saturated heterocycles. The van der Waals surface area contributed by atoms with Gasteiger partial charge in [0.25, 0.3) is 5.91 Å². The van der Waals surface area contributed by atoms with Crippen LogP contribution in [0.2, 0.25) is 0 Å². The molecule has 7 nitrogen and oxygen atoms in total. The van der Waals surface area contributed by atoms with Crippen LogP contribution < -0.4 is 9.47 Å². The zero-order chi connectivity index (χ0) is 19.2. The van der Waals surface area contributed by atoms with Crippen molar-refractivity contribution in [3.8, 4) is 17.6 Å². The molecule has 0 radical (unpaired) electrons. The Kier molecular flexibility index (Phi) is 5.57. The monoisotopic (exact) mass is 366 g/mol. The van der Waals surface area contributed by atoms with Crippen molar-refractivity contribution in [2.45, 2.75) is 6.54 Å². The fourth-order valence-corrected chi connectivity index (χ4v) is 2.55. The minimum atomic E-state index is -0.611. The highest BCUT2D eigenvalue weighted by atomic mass is 16.6. The zero-order valence-electron chi connectivity index (χ0n) is 14.8. The number of hydrogen-bond donors (Lipinski definition) is 0. The van der Waals surface area contributed by atoms with Gasteiger partial charge in [0.05, 0.1) is 17.2 Å². The van der Waals surface area contributed by atoms with Crippen LogP contribution in [0.4, 0.5) is 0 Å². The first-order valence-corrected chi connectivity index (χ1v) is 8.36. The fourth-order valence-electron chi connectivity index (χ4n) is 2.55. The first-order valence-electron chi connectivity index (χ1n) is 8.36. The maximum absolute atomic E-state index is 12.2. The molecule has 1 aliphatic heterocycles. The van der Waals surface area contributed by atoms with Gasteiger partial charge in [-0.1, -0.05) is 6.07 Å². The Labute approximate surface area is 156 Å². The minimum Gasteiger partial charge on any atom is -0.486 e. The molecule has 1 aliphatic rings. The van der Waals surface area contributed by atoms with Gasteiger partial charge in [-0.05, 0) is 42.0 Å². The standard InChI is InChI=1S/C20H18N2O5/c1-22(12-15-4-7-17-18(10-15)26-9-8-25-17)19(23)13-27-20(24)16-5-2-14(11-21)3-6-16/h2-7,10H,8-9,12-13H2,1H3. The van der Waals surface area contributed by atoms with E-state index in [0.29, 0.717) is 36.8 Å². The van der Waals surface area contributed by atoms with Crippen LogP contribution in [-0.4, -0.2) is 43.6 Å². The highest BCUT2D eigenvalue weighted by molar-refractivity contribution is 5.91. The minimum absolute atomic E-state index is 0.288. The summed E-state index contributed by atoms with van der Waals surface area (Å²) in [7, 11) is 1.63. The lowest BCUT2D eigenvalue weighted by Gasteiger charge is -2.21. The van der Waals surface area contributed by atoms with E-state index in [1.807, 2.05) is 24.3 Å². The summed E-state index contributed by atoms with van der Waals surface area (Å²) >= 11 is 0. The highest BCUT2D eigenvalue weighted by Gasteiger charge is 2.16. The van der Waals surface area contributed by atoms with Crippen LogP contribution in [0.15, 0.2) is 42.5 Å². The van der Waals surface area contributed by atoms with Crippen LogP contribution in [0.3, 0.4) is 0 Å². The van der Waals surface area contributed by atoms with E-state index in [4.69, 9.17) is 19.5 Å². The molecule has 0 bridgehead atoms. The van der Waals surface area contributed by atoms with Gasteiger partial charge < -0.3 is 19.1 Å². The van der Waals surface area contributed by atoms with Crippen LogP contribution in [0.5, 0.6) is 11.5 Å². The van der Waals surface area contributed by atoms with Gasteiger partial charge in [-0.2, -0.15) is 5.26 Å². The summed E-state index contributed by atoms with van der Waals surface area (Å²) in [6, 6.07) is 13.5. The maximum Gasteiger partial charge on any atom is 0.338 e. The van der Waals surface area contributed by atoms with Crippen molar-refractivity contribution < 1.29 is 23.8 Å². The number of hydrogen-bond acceptors (Lipinski definition) is 6. The Bertz CT molecular complexity index is 886. The topological polar surface area (TPSA) is 88.9 Å². The largest absolute Gasteiger partial charge is 0.486 e. The van der Waals surface area contributed by atoms with Gasteiger partial charge in [0.2, 0.25) is 0 Å². The third-order valence-electron chi connectivity index (χ3n) is 4.03. The number of benzene rings is 2. The molecule has 0 atom stereocenters. The van der Waals surface area contributed by atoms with Gasteiger partial charge in [-0.3, -0.25) is 4.79 Å². The summed E-state index contributed by atoms with van der Waals surface area (Å²) < 4.78 is 16.1. The van der Waals surface area contributed by atoms with Gasteiger partial charge in [0.15, 0.2) is 18.1 Å². The lowest BCUT2D eigenvalue weighted by atomic mass is 10.1. The SMILES string of the molecule is CN(Cc1ccc2c(c1)OCCO2)C(=O)COC(=O)c1ccc(C#N)cc1. The second-order valence-electron chi connectivity index (χ2n) is 5.99. The molecular weight excluding hydrogens is 348 g/mol. The Balaban J connectivity index is 1.53. The van der Waals surface area contributed by atoms with Crippen molar-refractivity contribution in [3.63, 3.8) is 0 Å². The van der Waals surface area contributed by atoms with Crippen molar-refractivity contribution in [3.05, 3.63) is 59.2 Å². The highest BCUT2D eigenvalue weighted by Crippen LogP contribution is 2.31. The molecule has 3 rings (SSSR count). The van der Waals surface area contributed by atoms with Crippen LogP contribution >= 0.6 is 0 Å². The second-order valence-corrected chi connectivity index (χ2v) is 5.99. The van der Waals surface area contributed by atoms with Crippen LogP contribution in [0.25, 0.3) is 0 Å². The van der Waals surface area contributed by atoms with Crippen molar-refractivity contribution in [1.82, 2.24) is 4.90 Å². The van der Waals surface area contributed by atoms with Crippen molar-refractivity contribution >= 4 is 11.9 Å². The fraction of sp³-hybridized carbons (Fsp3) is 0.250. The number of ether oxygens (including phenoxy) is 3. The summed E-state index contributed by atoms with van der Waals surface area (Å²) in [6.07, 6.45) is 0.